The highest BCUT2D eigenvalue weighted by Crippen LogP contribution is 2.35. The number of rotatable bonds is 9. The van der Waals surface area contributed by atoms with Crippen molar-refractivity contribution in [2.45, 2.75) is 26.4 Å². The van der Waals surface area contributed by atoms with Crippen molar-refractivity contribution >= 4 is 28.5 Å². The molecular formula is C25H25NO8. The zero-order valence-corrected chi connectivity index (χ0v) is 19.5. The Morgan fingerprint density at radius 3 is 2.24 bits per heavy atom. The summed E-state index contributed by atoms with van der Waals surface area (Å²) in [6.45, 7) is 4.68. The molecule has 1 N–H and O–H groups in total. The Morgan fingerprint density at radius 2 is 1.65 bits per heavy atom. The summed E-state index contributed by atoms with van der Waals surface area (Å²) in [5.74, 6) is -1.25. The number of aliphatic carboxylic acids is 1. The van der Waals surface area contributed by atoms with Crippen LogP contribution in [0, 0.1) is 0 Å². The molecule has 9 heteroatoms. The topological polar surface area (TPSA) is 121 Å². The standard InChI is InChI=1S/C25H25NO8/c1-6-33-23(28)18-13-26-21(17-12-20(32-5)19(31-4)11-16(17)18)22(27)14-8-7-9-15(10-14)34-25(2,3)24(29)30/h7-13H,6H2,1-5H3,(H,29,30). The van der Waals surface area contributed by atoms with Crippen LogP contribution in [0.2, 0.25) is 0 Å². The molecule has 1 heterocycles. The molecule has 0 saturated carbocycles. The SMILES string of the molecule is CCOC(=O)c1cnc(C(=O)c2cccc(OC(C)(C)C(=O)O)c2)c2cc(OC)c(OC)cc12. The number of ketones is 1. The minimum atomic E-state index is -1.49. The van der Waals surface area contributed by atoms with Crippen molar-refractivity contribution in [3.8, 4) is 17.2 Å². The number of hydrogen-bond donors (Lipinski definition) is 1. The van der Waals surface area contributed by atoms with E-state index in [4.69, 9.17) is 18.9 Å². The van der Waals surface area contributed by atoms with Crippen LogP contribution < -0.4 is 14.2 Å². The van der Waals surface area contributed by atoms with Gasteiger partial charge in [-0.3, -0.25) is 9.78 Å². The summed E-state index contributed by atoms with van der Waals surface area (Å²) in [5, 5.41) is 10.1. The first-order valence-electron chi connectivity index (χ1n) is 10.4. The zero-order chi connectivity index (χ0) is 25.0. The third kappa shape index (κ3) is 4.78. The van der Waals surface area contributed by atoms with Crippen molar-refractivity contribution in [1.29, 1.82) is 0 Å². The maximum atomic E-state index is 13.5. The van der Waals surface area contributed by atoms with Crippen LogP contribution in [0.4, 0.5) is 0 Å². The van der Waals surface area contributed by atoms with Crippen molar-refractivity contribution in [2.24, 2.45) is 0 Å². The number of aromatic nitrogens is 1. The van der Waals surface area contributed by atoms with Gasteiger partial charge in [0.25, 0.3) is 0 Å². The molecule has 0 spiro atoms. The number of nitrogens with zero attached hydrogens (tertiary/aromatic N) is 1. The molecule has 0 fully saturated rings. The lowest BCUT2D eigenvalue weighted by Crippen LogP contribution is -2.37. The van der Waals surface area contributed by atoms with Gasteiger partial charge in [0.15, 0.2) is 17.1 Å². The van der Waals surface area contributed by atoms with Crippen LogP contribution in [0.1, 0.15) is 47.2 Å². The van der Waals surface area contributed by atoms with Crippen molar-refractivity contribution in [3.63, 3.8) is 0 Å². The van der Waals surface area contributed by atoms with Crippen LogP contribution in [0.5, 0.6) is 17.2 Å². The summed E-state index contributed by atoms with van der Waals surface area (Å²) in [4.78, 5) is 41.6. The van der Waals surface area contributed by atoms with Crippen LogP contribution in [0.3, 0.4) is 0 Å². The predicted octanol–water partition coefficient (Wildman–Crippen LogP) is 3.90. The summed E-state index contributed by atoms with van der Waals surface area (Å²) < 4.78 is 21.4. The fourth-order valence-corrected chi connectivity index (χ4v) is 3.29. The summed E-state index contributed by atoms with van der Waals surface area (Å²) in [6, 6.07) is 9.32. The van der Waals surface area contributed by atoms with Crippen LogP contribution in [-0.4, -0.2) is 54.2 Å². The molecule has 34 heavy (non-hydrogen) atoms. The second-order valence-electron chi connectivity index (χ2n) is 7.77. The molecule has 3 aromatic rings. The number of pyridine rings is 1. The van der Waals surface area contributed by atoms with E-state index in [-0.39, 0.29) is 29.2 Å². The van der Waals surface area contributed by atoms with Gasteiger partial charge in [0.2, 0.25) is 5.78 Å². The van der Waals surface area contributed by atoms with Crippen molar-refractivity contribution in [1.82, 2.24) is 4.98 Å². The summed E-state index contributed by atoms with van der Waals surface area (Å²) in [7, 11) is 2.92. The van der Waals surface area contributed by atoms with Crippen molar-refractivity contribution in [3.05, 3.63) is 59.4 Å². The lowest BCUT2D eigenvalue weighted by Gasteiger charge is -2.21. The van der Waals surface area contributed by atoms with Gasteiger partial charge in [-0.1, -0.05) is 12.1 Å². The molecular weight excluding hydrogens is 442 g/mol. The normalized spacial score (nSPS) is 11.1. The predicted molar refractivity (Wildman–Crippen MR) is 123 cm³/mol. The molecule has 0 aliphatic carbocycles. The Morgan fingerprint density at radius 1 is 1.00 bits per heavy atom. The van der Waals surface area contributed by atoms with Gasteiger partial charge < -0.3 is 24.1 Å². The number of fused-ring (bicyclic) bond motifs is 1. The molecule has 0 atom stereocenters. The molecule has 0 bridgehead atoms. The van der Waals surface area contributed by atoms with E-state index in [0.717, 1.165) is 0 Å². The molecule has 178 valence electrons. The fourth-order valence-electron chi connectivity index (χ4n) is 3.29. The fraction of sp³-hybridized carbons (Fsp3) is 0.280. The average Bonchev–Trinajstić information content (AvgIpc) is 2.81. The average molecular weight is 467 g/mol. The van der Waals surface area contributed by atoms with Crippen molar-refractivity contribution < 1.29 is 38.4 Å². The van der Waals surface area contributed by atoms with Crippen LogP contribution >= 0.6 is 0 Å². The molecule has 0 amide bonds. The zero-order valence-electron chi connectivity index (χ0n) is 19.5. The van der Waals surface area contributed by atoms with Gasteiger partial charge in [0.1, 0.15) is 11.4 Å². The number of benzene rings is 2. The maximum Gasteiger partial charge on any atom is 0.347 e. The number of carbonyl (C=O) groups excluding carboxylic acids is 2. The largest absolute Gasteiger partial charge is 0.493 e. The number of ether oxygens (including phenoxy) is 4. The first-order valence-corrected chi connectivity index (χ1v) is 10.4. The lowest BCUT2D eigenvalue weighted by atomic mass is 9.99. The van der Waals surface area contributed by atoms with E-state index in [1.165, 1.54) is 40.3 Å². The smallest absolute Gasteiger partial charge is 0.347 e. The first kappa shape index (κ1) is 24.5. The molecule has 2 aromatic carbocycles. The highest BCUT2D eigenvalue weighted by molar-refractivity contribution is 6.18. The van der Waals surface area contributed by atoms with Gasteiger partial charge in [-0.2, -0.15) is 0 Å². The Bertz CT molecular complexity index is 1270. The number of esters is 1. The van der Waals surface area contributed by atoms with Crippen LogP contribution in [0.15, 0.2) is 42.6 Å². The van der Waals surface area contributed by atoms with E-state index in [9.17, 15) is 19.5 Å². The quantitative estimate of drug-likeness (QED) is 0.369. The van der Waals surface area contributed by atoms with Gasteiger partial charge in [0, 0.05) is 22.5 Å². The Hall–Kier alpha value is -4.14. The minimum absolute atomic E-state index is 0.0682. The highest BCUT2D eigenvalue weighted by atomic mass is 16.5. The number of hydrogen-bond acceptors (Lipinski definition) is 8. The van der Waals surface area contributed by atoms with Crippen LogP contribution in [0.25, 0.3) is 10.8 Å². The third-order valence-corrected chi connectivity index (χ3v) is 5.09. The van der Waals surface area contributed by atoms with E-state index in [0.29, 0.717) is 22.3 Å². The lowest BCUT2D eigenvalue weighted by molar-refractivity contribution is -0.152. The summed E-state index contributed by atoms with van der Waals surface area (Å²) >= 11 is 0. The maximum absolute atomic E-state index is 13.5. The van der Waals surface area contributed by atoms with E-state index in [2.05, 4.69) is 4.98 Å². The van der Waals surface area contributed by atoms with E-state index >= 15 is 0 Å². The highest BCUT2D eigenvalue weighted by Gasteiger charge is 2.30. The Kier molecular flexibility index (Phi) is 7.05. The second-order valence-corrected chi connectivity index (χ2v) is 7.77. The van der Waals surface area contributed by atoms with Crippen LogP contribution in [-0.2, 0) is 9.53 Å². The first-order chi connectivity index (χ1) is 16.1. The molecule has 1 aromatic heterocycles. The summed E-state index contributed by atoms with van der Waals surface area (Å²) in [6.07, 6.45) is 1.29. The van der Waals surface area contributed by atoms with Gasteiger partial charge >= 0.3 is 11.9 Å². The Labute approximate surface area is 196 Å². The molecule has 3 rings (SSSR count). The monoisotopic (exact) mass is 467 g/mol. The minimum Gasteiger partial charge on any atom is -0.493 e. The molecule has 0 aliphatic rings. The van der Waals surface area contributed by atoms with Gasteiger partial charge in [0.05, 0.1) is 26.4 Å². The molecule has 9 nitrogen and oxygen atoms in total. The van der Waals surface area contributed by atoms with E-state index in [1.54, 1.807) is 37.3 Å². The van der Waals surface area contributed by atoms with Gasteiger partial charge in [-0.15, -0.1) is 0 Å². The Balaban J connectivity index is 2.15. The van der Waals surface area contributed by atoms with E-state index in [1.807, 2.05) is 0 Å². The number of carboxylic acids is 1. The molecule has 0 aliphatic heterocycles. The number of carboxylic acid groups (broad SMARTS) is 1. The van der Waals surface area contributed by atoms with Crippen molar-refractivity contribution in [2.75, 3.05) is 20.8 Å². The molecule has 0 saturated heterocycles. The van der Waals surface area contributed by atoms with E-state index < -0.39 is 23.3 Å². The second kappa shape index (κ2) is 9.78. The van der Waals surface area contributed by atoms with Gasteiger partial charge in [-0.05, 0) is 45.0 Å². The third-order valence-electron chi connectivity index (χ3n) is 5.09. The number of methoxy groups -OCH3 is 2. The summed E-state index contributed by atoms with van der Waals surface area (Å²) in [5.41, 5.74) is -1.02. The molecule has 0 unspecified atom stereocenters. The number of carbonyl (C=O) groups is 3. The van der Waals surface area contributed by atoms with Gasteiger partial charge in [-0.25, -0.2) is 9.59 Å². The molecule has 0 radical (unpaired) electrons.